The molecule has 106 valence electrons. The van der Waals surface area contributed by atoms with E-state index in [-0.39, 0.29) is 17.3 Å². The predicted octanol–water partition coefficient (Wildman–Crippen LogP) is 2.14. The molecule has 2 aromatic heterocycles. The number of nitrogens with zero attached hydrogens (tertiary/aromatic N) is 2. The summed E-state index contributed by atoms with van der Waals surface area (Å²) < 4.78 is 0. The highest BCUT2D eigenvalue weighted by molar-refractivity contribution is 7.08. The Morgan fingerprint density at radius 1 is 1.60 bits per heavy atom. The summed E-state index contributed by atoms with van der Waals surface area (Å²) in [6.45, 7) is 3.39. The molecule has 2 rings (SSSR count). The van der Waals surface area contributed by atoms with Crippen molar-refractivity contribution in [2.24, 2.45) is 0 Å². The van der Waals surface area contributed by atoms with Gasteiger partial charge in [-0.1, -0.05) is 11.6 Å². The molecule has 0 saturated carbocycles. The van der Waals surface area contributed by atoms with Gasteiger partial charge in [0.15, 0.2) is 0 Å². The highest BCUT2D eigenvalue weighted by Gasteiger charge is 2.25. The first kappa shape index (κ1) is 14.9. The number of carbonyl (C=O) groups is 1. The van der Waals surface area contributed by atoms with E-state index in [4.69, 9.17) is 11.6 Å². The van der Waals surface area contributed by atoms with Crippen LogP contribution in [0.25, 0.3) is 0 Å². The third kappa shape index (κ3) is 3.33. The van der Waals surface area contributed by atoms with Gasteiger partial charge in [-0.2, -0.15) is 11.3 Å². The molecule has 0 aliphatic carbocycles. The van der Waals surface area contributed by atoms with Crippen LogP contribution in [0.3, 0.4) is 0 Å². The first-order chi connectivity index (χ1) is 9.40. The van der Waals surface area contributed by atoms with Gasteiger partial charge in [0.25, 0.3) is 5.91 Å². The number of aryl methyl sites for hydroxylation is 1. The Kier molecular flexibility index (Phi) is 4.37. The van der Waals surface area contributed by atoms with Crippen molar-refractivity contribution in [1.82, 2.24) is 15.3 Å². The molecule has 1 unspecified atom stereocenters. The van der Waals surface area contributed by atoms with Crippen molar-refractivity contribution < 1.29 is 9.90 Å². The minimum atomic E-state index is -1.13. The van der Waals surface area contributed by atoms with Crippen LogP contribution in [0.4, 0.5) is 0 Å². The number of halogens is 1. The van der Waals surface area contributed by atoms with E-state index in [1.165, 1.54) is 17.5 Å². The van der Waals surface area contributed by atoms with Crippen LogP contribution in [-0.4, -0.2) is 27.5 Å². The van der Waals surface area contributed by atoms with E-state index < -0.39 is 11.5 Å². The summed E-state index contributed by atoms with van der Waals surface area (Å²) in [5.41, 5.74) is -0.266. The van der Waals surface area contributed by atoms with E-state index in [2.05, 4.69) is 15.3 Å². The summed E-state index contributed by atoms with van der Waals surface area (Å²) >= 11 is 7.38. The summed E-state index contributed by atoms with van der Waals surface area (Å²) in [5, 5.41) is 16.9. The predicted molar refractivity (Wildman–Crippen MR) is 78.0 cm³/mol. The smallest absolute Gasteiger partial charge is 0.271 e. The number of rotatable bonds is 4. The maximum absolute atomic E-state index is 12.0. The Hall–Kier alpha value is -1.50. The molecule has 1 amide bonds. The molecule has 7 heteroatoms. The van der Waals surface area contributed by atoms with Crippen molar-refractivity contribution in [1.29, 1.82) is 0 Å². The lowest BCUT2D eigenvalue weighted by molar-refractivity contribution is 0.0528. The molecule has 0 aromatic carbocycles. The zero-order valence-electron chi connectivity index (χ0n) is 11.1. The summed E-state index contributed by atoms with van der Waals surface area (Å²) in [4.78, 5) is 19.9. The van der Waals surface area contributed by atoms with Gasteiger partial charge >= 0.3 is 0 Å². The molecule has 0 saturated heterocycles. The second-order valence-corrected chi connectivity index (χ2v) is 5.77. The van der Waals surface area contributed by atoms with E-state index in [1.807, 2.05) is 16.8 Å². The van der Waals surface area contributed by atoms with Crippen molar-refractivity contribution in [2.45, 2.75) is 19.4 Å². The Morgan fingerprint density at radius 2 is 2.35 bits per heavy atom. The second-order valence-electron chi connectivity index (χ2n) is 4.58. The number of carbonyl (C=O) groups excluding carboxylic acids is 1. The maximum atomic E-state index is 12.0. The minimum absolute atomic E-state index is 0.0714. The summed E-state index contributed by atoms with van der Waals surface area (Å²) in [6.07, 6.45) is 1.38. The van der Waals surface area contributed by atoms with E-state index in [0.29, 0.717) is 5.82 Å². The van der Waals surface area contributed by atoms with E-state index in [0.717, 1.165) is 5.56 Å². The second kappa shape index (κ2) is 5.87. The van der Waals surface area contributed by atoms with Gasteiger partial charge < -0.3 is 10.4 Å². The number of aliphatic hydroxyl groups is 1. The number of amides is 1. The Labute approximate surface area is 125 Å². The molecule has 0 radical (unpaired) electrons. The van der Waals surface area contributed by atoms with Crippen LogP contribution in [0.2, 0.25) is 5.02 Å². The van der Waals surface area contributed by atoms with Gasteiger partial charge in [0.05, 0.1) is 17.8 Å². The molecule has 0 aliphatic heterocycles. The van der Waals surface area contributed by atoms with Gasteiger partial charge in [0, 0.05) is 0 Å². The van der Waals surface area contributed by atoms with Gasteiger partial charge in [-0.25, -0.2) is 9.97 Å². The van der Waals surface area contributed by atoms with Crippen molar-refractivity contribution in [3.05, 3.63) is 45.1 Å². The van der Waals surface area contributed by atoms with Gasteiger partial charge in [-0.05, 0) is 36.2 Å². The maximum Gasteiger partial charge on any atom is 0.271 e. The molecule has 0 spiro atoms. The zero-order chi connectivity index (χ0) is 14.8. The number of hydrogen-bond donors (Lipinski definition) is 2. The van der Waals surface area contributed by atoms with Gasteiger partial charge in [0.2, 0.25) is 0 Å². The lowest BCUT2D eigenvalue weighted by atomic mass is 9.99. The topological polar surface area (TPSA) is 75.1 Å². The summed E-state index contributed by atoms with van der Waals surface area (Å²) in [6, 6.07) is 1.82. The van der Waals surface area contributed by atoms with E-state index in [9.17, 15) is 9.90 Å². The molecule has 1 atom stereocenters. The van der Waals surface area contributed by atoms with Crippen molar-refractivity contribution in [3.8, 4) is 0 Å². The molecular formula is C13H14ClN3O2S. The summed E-state index contributed by atoms with van der Waals surface area (Å²) in [7, 11) is 0. The lowest BCUT2D eigenvalue weighted by Gasteiger charge is -2.22. The first-order valence-electron chi connectivity index (χ1n) is 5.92. The largest absolute Gasteiger partial charge is 0.384 e. The standard InChI is InChI=1S/C13H14ClN3O2S/c1-8-15-5-10(14)11(17-8)12(18)16-7-13(2,19)9-3-4-20-6-9/h3-6,19H,7H2,1-2H3,(H,16,18). The van der Waals surface area contributed by atoms with Crippen LogP contribution >= 0.6 is 22.9 Å². The van der Waals surface area contributed by atoms with E-state index in [1.54, 1.807) is 13.8 Å². The van der Waals surface area contributed by atoms with Gasteiger partial charge in [-0.15, -0.1) is 0 Å². The Balaban J connectivity index is 2.07. The van der Waals surface area contributed by atoms with Gasteiger partial charge in [-0.3, -0.25) is 4.79 Å². The molecule has 2 aromatic rings. The van der Waals surface area contributed by atoms with Crippen LogP contribution in [0.15, 0.2) is 23.0 Å². The normalized spacial score (nSPS) is 13.8. The van der Waals surface area contributed by atoms with Crippen LogP contribution in [0, 0.1) is 6.92 Å². The third-order valence-corrected chi connectivity index (χ3v) is 3.78. The molecule has 0 aliphatic rings. The Bertz CT molecular complexity index is 614. The molecular weight excluding hydrogens is 298 g/mol. The van der Waals surface area contributed by atoms with Gasteiger partial charge in [0.1, 0.15) is 17.1 Å². The molecule has 0 fully saturated rings. The fourth-order valence-corrected chi connectivity index (χ4v) is 2.58. The van der Waals surface area contributed by atoms with Crippen molar-refractivity contribution in [2.75, 3.05) is 6.54 Å². The number of hydrogen-bond acceptors (Lipinski definition) is 5. The average molecular weight is 312 g/mol. The monoisotopic (exact) mass is 311 g/mol. The highest BCUT2D eigenvalue weighted by Crippen LogP contribution is 2.22. The highest BCUT2D eigenvalue weighted by atomic mass is 35.5. The number of thiophene rings is 1. The molecule has 2 N–H and O–H groups in total. The quantitative estimate of drug-likeness (QED) is 0.907. The van der Waals surface area contributed by atoms with Crippen LogP contribution < -0.4 is 5.32 Å². The lowest BCUT2D eigenvalue weighted by Crippen LogP contribution is -2.38. The molecule has 2 heterocycles. The van der Waals surface area contributed by atoms with E-state index >= 15 is 0 Å². The molecule has 20 heavy (non-hydrogen) atoms. The average Bonchev–Trinajstić information content (AvgIpc) is 2.93. The first-order valence-corrected chi connectivity index (χ1v) is 7.24. The molecule has 0 bridgehead atoms. The minimum Gasteiger partial charge on any atom is -0.384 e. The van der Waals surface area contributed by atoms with Crippen LogP contribution in [0.1, 0.15) is 28.8 Å². The van der Waals surface area contributed by atoms with Crippen LogP contribution in [0.5, 0.6) is 0 Å². The third-order valence-electron chi connectivity index (χ3n) is 2.82. The SMILES string of the molecule is Cc1ncc(Cl)c(C(=O)NCC(C)(O)c2ccsc2)n1. The Morgan fingerprint density at radius 3 is 3.00 bits per heavy atom. The van der Waals surface area contributed by atoms with Crippen LogP contribution in [-0.2, 0) is 5.60 Å². The molecule has 5 nitrogen and oxygen atoms in total. The number of nitrogens with one attached hydrogen (secondary N) is 1. The van der Waals surface area contributed by atoms with Crippen molar-refractivity contribution >= 4 is 28.8 Å². The van der Waals surface area contributed by atoms with Crippen molar-refractivity contribution in [3.63, 3.8) is 0 Å². The zero-order valence-corrected chi connectivity index (χ0v) is 12.6. The fraction of sp³-hybridized carbons (Fsp3) is 0.308. The number of aromatic nitrogens is 2. The fourth-order valence-electron chi connectivity index (χ4n) is 1.62. The summed E-state index contributed by atoms with van der Waals surface area (Å²) in [5.74, 6) is 0.0279.